The minimum Gasteiger partial charge on any atom is -0.400 e. The lowest BCUT2D eigenvalue weighted by Gasteiger charge is -2.32. The van der Waals surface area contributed by atoms with E-state index in [0.717, 1.165) is 22.9 Å². The molecule has 5 nitrogen and oxygen atoms in total. The number of hydrogen-bond acceptors (Lipinski definition) is 4. The second-order valence-electron chi connectivity index (χ2n) is 7.45. The highest BCUT2D eigenvalue weighted by Gasteiger charge is 2.52. The van der Waals surface area contributed by atoms with Crippen LogP contribution in [0.2, 0.25) is 0 Å². The van der Waals surface area contributed by atoms with E-state index in [-0.39, 0.29) is 5.91 Å². The molecule has 1 amide bonds. The maximum atomic E-state index is 11.3. The minimum absolute atomic E-state index is 0.116. The second-order valence-corrected chi connectivity index (χ2v) is 7.45. The highest BCUT2D eigenvalue weighted by molar-refractivity contribution is 6.56. The Morgan fingerprint density at radius 1 is 1.20 bits per heavy atom. The molecule has 1 N–H and O–H groups in total. The number of aryl methyl sites for hydroxylation is 1. The van der Waals surface area contributed by atoms with Crippen LogP contribution in [0.25, 0.3) is 6.08 Å². The zero-order chi connectivity index (χ0) is 18.8. The number of nitrogens with one attached hydrogen (secondary N) is 1. The highest BCUT2D eigenvalue weighted by atomic mass is 16.7. The van der Waals surface area contributed by atoms with Crippen molar-refractivity contribution in [1.82, 2.24) is 5.32 Å². The molecule has 1 aromatic carbocycles. The summed E-state index contributed by atoms with van der Waals surface area (Å²) in [7, 11) is -0.539. The number of carbonyl (C=O) groups excluding carboxylic acids is 2. The van der Waals surface area contributed by atoms with E-state index in [1.54, 1.807) is 6.07 Å². The van der Waals surface area contributed by atoms with Crippen LogP contribution in [0.1, 0.15) is 56.1 Å². The van der Waals surface area contributed by atoms with Gasteiger partial charge < -0.3 is 14.6 Å². The molecule has 1 aliphatic heterocycles. The minimum atomic E-state index is -0.539. The van der Waals surface area contributed by atoms with Gasteiger partial charge in [0, 0.05) is 19.0 Å². The van der Waals surface area contributed by atoms with Crippen LogP contribution >= 0.6 is 0 Å². The van der Waals surface area contributed by atoms with E-state index in [0.29, 0.717) is 12.1 Å². The van der Waals surface area contributed by atoms with Crippen LogP contribution in [0, 0.1) is 6.92 Å². The quantitative estimate of drug-likeness (QED) is 0.659. The zero-order valence-corrected chi connectivity index (χ0v) is 15.8. The first-order valence-corrected chi connectivity index (χ1v) is 8.42. The summed E-state index contributed by atoms with van der Waals surface area (Å²) in [5.41, 5.74) is 2.41. The van der Waals surface area contributed by atoms with Gasteiger partial charge in [-0.2, -0.15) is 0 Å². The van der Waals surface area contributed by atoms with Crippen LogP contribution in [0.15, 0.2) is 23.7 Å². The maximum absolute atomic E-state index is 11.3. The van der Waals surface area contributed by atoms with E-state index in [1.165, 1.54) is 6.92 Å². The Balaban J connectivity index is 2.34. The van der Waals surface area contributed by atoms with Crippen molar-refractivity contribution >= 4 is 25.4 Å². The number of hydrogen-bond donors (Lipinski definition) is 1. The lowest BCUT2D eigenvalue weighted by molar-refractivity contribution is -0.118. The fourth-order valence-electron chi connectivity index (χ4n) is 2.56. The van der Waals surface area contributed by atoms with Crippen molar-refractivity contribution in [3.8, 4) is 0 Å². The van der Waals surface area contributed by atoms with Crippen molar-refractivity contribution < 1.29 is 18.9 Å². The van der Waals surface area contributed by atoms with Gasteiger partial charge >= 0.3 is 7.12 Å². The zero-order valence-electron chi connectivity index (χ0n) is 15.8. The summed E-state index contributed by atoms with van der Waals surface area (Å²) >= 11 is 0. The van der Waals surface area contributed by atoms with Crippen LogP contribution in [-0.4, -0.2) is 37.1 Å². The summed E-state index contributed by atoms with van der Waals surface area (Å²) in [6.07, 6.45) is 2.79. The molecule has 0 atom stereocenters. The first kappa shape index (κ1) is 19.4. The summed E-state index contributed by atoms with van der Waals surface area (Å²) < 4.78 is 12.2. The van der Waals surface area contributed by atoms with Gasteiger partial charge in [-0.15, -0.1) is 0 Å². The molecule has 0 unspecified atom stereocenters. The van der Waals surface area contributed by atoms with Crippen molar-refractivity contribution in [2.24, 2.45) is 0 Å². The normalized spacial score (nSPS) is 19.0. The summed E-state index contributed by atoms with van der Waals surface area (Å²) in [5, 5.41) is 2.81. The molecule has 6 heteroatoms. The molecular weight excluding hydrogens is 317 g/mol. The molecule has 134 valence electrons. The molecule has 0 bridgehead atoms. The van der Waals surface area contributed by atoms with Gasteiger partial charge in [0.15, 0.2) is 0 Å². The molecule has 0 aliphatic carbocycles. The van der Waals surface area contributed by atoms with Crippen LogP contribution < -0.4 is 5.32 Å². The van der Waals surface area contributed by atoms with Gasteiger partial charge in [-0.25, -0.2) is 0 Å². The number of aldehydes is 1. The Morgan fingerprint density at radius 2 is 1.80 bits per heavy atom. The number of carbonyl (C=O) groups is 2. The maximum Gasteiger partial charge on any atom is 0.492 e. The summed E-state index contributed by atoms with van der Waals surface area (Å²) in [4.78, 5) is 22.3. The first-order chi connectivity index (χ1) is 11.6. The fourth-order valence-corrected chi connectivity index (χ4v) is 2.56. The number of benzene rings is 1. The van der Waals surface area contributed by atoms with Crippen LogP contribution in [0.5, 0.6) is 0 Å². The molecule has 1 aliphatic rings. The molecular formula is C19H26BNO4. The van der Waals surface area contributed by atoms with E-state index in [9.17, 15) is 9.59 Å². The monoisotopic (exact) mass is 343 g/mol. The number of amides is 1. The SMILES string of the molecule is CC(=O)NCC(=Cc1ccc(C=O)c(C)c1)B1OC(C)(C)C(C)(C)O1. The summed E-state index contributed by atoms with van der Waals surface area (Å²) in [6, 6.07) is 5.59. The van der Waals surface area contributed by atoms with Crippen molar-refractivity contribution in [2.75, 3.05) is 6.54 Å². The van der Waals surface area contributed by atoms with Crippen LogP contribution in [-0.2, 0) is 14.1 Å². The highest BCUT2D eigenvalue weighted by Crippen LogP contribution is 2.38. The van der Waals surface area contributed by atoms with Crippen LogP contribution in [0.4, 0.5) is 0 Å². The molecule has 0 radical (unpaired) electrons. The molecule has 1 saturated heterocycles. The Bertz CT molecular complexity index is 693. The third-order valence-electron chi connectivity index (χ3n) is 4.87. The van der Waals surface area contributed by atoms with Crippen molar-refractivity contribution in [1.29, 1.82) is 0 Å². The average molecular weight is 343 g/mol. The molecule has 0 spiro atoms. The lowest BCUT2D eigenvalue weighted by atomic mass is 9.77. The standard InChI is InChI=1S/C19H26BNO4/c1-13-9-15(7-8-16(13)12-22)10-17(11-21-14(2)23)20-24-18(3,4)19(5,6)25-20/h7-10,12H,11H2,1-6H3,(H,21,23). The predicted molar refractivity (Wildman–Crippen MR) is 99.3 cm³/mol. The van der Waals surface area contributed by atoms with Gasteiger partial charge in [0.25, 0.3) is 0 Å². The average Bonchev–Trinajstić information content (AvgIpc) is 2.71. The van der Waals surface area contributed by atoms with E-state index in [1.807, 2.05) is 52.8 Å². The molecule has 25 heavy (non-hydrogen) atoms. The van der Waals surface area contributed by atoms with Crippen molar-refractivity contribution in [3.05, 3.63) is 40.4 Å². The predicted octanol–water partition coefficient (Wildman–Crippen LogP) is 2.96. The van der Waals surface area contributed by atoms with Crippen LogP contribution in [0.3, 0.4) is 0 Å². The van der Waals surface area contributed by atoms with Gasteiger partial charge in [0.1, 0.15) is 6.29 Å². The van der Waals surface area contributed by atoms with Gasteiger partial charge in [-0.05, 0) is 51.2 Å². The molecule has 1 heterocycles. The topological polar surface area (TPSA) is 64.6 Å². The molecule has 0 saturated carbocycles. The third-order valence-corrected chi connectivity index (χ3v) is 4.87. The van der Waals surface area contributed by atoms with Gasteiger partial charge in [0.05, 0.1) is 11.2 Å². The fraction of sp³-hybridized carbons (Fsp3) is 0.474. The third kappa shape index (κ3) is 4.38. The smallest absolute Gasteiger partial charge is 0.400 e. The Kier molecular flexibility index (Phi) is 5.54. The number of rotatable bonds is 5. The van der Waals surface area contributed by atoms with E-state index in [2.05, 4.69) is 5.32 Å². The second kappa shape index (κ2) is 7.14. The largest absolute Gasteiger partial charge is 0.492 e. The Labute approximate surface area is 149 Å². The summed E-state index contributed by atoms with van der Waals surface area (Å²) in [6.45, 7) is 11.7. The van der Waals surface area contributed by atoms with Gasteiger partial charge in [-0.1, -0.05) is 24.3 Å². The van der Waals surface area contributed by atoms with E-state index < -0.39 is 18.3 Å². The van der Waals surface area contributed by atoms with Crippen molar-refractivity contribution in [3.63, 3.8) is 0 Å². The first-order valence-electron chi connectivity index (χ1n) is 8.42. The van der Waals surface area contributed by atoms with Gasteiger partial charge in [-0.3, -0.25) is 9.59 Å². The molecule has 1 fully saturated rings. The molecule has 0 aromatic heterocycles. The molecule has 2 rings (SSSR count). The Hall–Kier alpha value is -1.92. The lowest BCUT2D eigenvalue weighted by Crippen LogP contribution is -2.41. The summed E-state index contributed by atoms with van der Waals surface area (Å²) in [5.74, 6) is -0.116. The van der Waals surface area contributed by atoms with Crippen molar-refractivity contribution in [2.45, 2.75) is 52.7 Å². The van der Waals surface area contributed by atoms with E-state index >= 15 is 0 Å². The Morgan fingerprint density at radius 3 is 2.28 bits per heavy atom. The van der Waals surface area contributed by atoms with E-state index in [4.69, 9.17) is 9.31 Å². The van der Waals surface area contributed by atoms with Gasteiger partial charge in [0.2, 0.25) is 5.91 Å². The molecule has 1 aromatic rings.